The van der Waals surface area contributed by atoms with E-state index < -0.39 is 6.17 Å². The van der Waals surface area contributed by atoms with Crippen molar-refractivity contribution in [1.29, 1.82) is 0 Å². The molecule has 0 aromatic carbocycles. The zero-order chi connectivity index (χ0) is 11.9. The van der Waals surface area contributed by atoms with Crippen LogP contribution in [0.15, 0.2) is 0 Å². The van der Waals surface area contributed by atoms with E-state index >= 15 is 0 Å². The topological polar surface area (TPSA) is 3.24 Å². The van der Waals surface area contributed by atoms with Crippen LogP contribution in [0.1, 0.15) is 52.4 Å². The first-order valence-electron chi connectivity index (χ1n) is 7.41. The van der Waals surface area contributed by atoms with Crippen molar-refractivity contribution in [3.05, 3.63) is 0 Å². The molecule has 2 saturated heterocycles. The molecule has 0 amide bonds. The van der Waals surface area contributed by atoms with E-state index in [0.717, 1.165) is 18.9 Å². The predicted molar refractivity (Wildman–Crippen MR) is 66.6 cm³/mol. The summed E-state index contributed by atoms with van der Waals surface area (Å²) in [4.78, 5) is 2.71. The zero-order valence-corrected chi connectivity index (χ0v) is 11.1. The van der Waals surface area contributed by atoms with Gasteiger partial charge in [-0.2, -0.15) is 0 Å². The molecule has 2 spiro atoms. The second kappa shape index (κ2) is 2.89. The van der Waals surface area contributed by atoms with Gasteiger partial charge in [0, 0.05) is 17.5 Å². The molecule has 2 heteroatoms. The van der Waals surface area contributed by atoms with Gasteiger partial charge in [-0.1, -0.05) is 13.8 Å². The monoisotopic (exact) mass is 237 g/mol. The molecule has 2 aliphatic heterocycles. The molecule has 17 heavy (non-hydrogen) atoms. The lowest BCUT2D eigenvalue weighted by Crippen LogP contribution is -2.45. The Labute approximate surface area is 104 Å². The van der Waals surface area contributed by atoms with Crippen LogP contribution in [0.25, 0.3) is 0 Å². The van der Waals surface area contributed by atoms with E-state index in [1.54, 1.807) is 0 Å². The van der Waals surface area contributed by atoms with Crippen LogP contribution in [-0.2, 0) is 0 Å². The fraction of sp³-hybridized carbons (Fsp3) is 1.00. The van der Waals surface area contributed by atoms with Crippen molar-refractivity contribution in [2.24, 2.45) is 16.7 Å². The highest BCUT2D eigenvalue weighted by Gasteiger charge is 2.74. The molecule has 1 nitrogen and oxygen atoms in total. The standard InChI is InChI=1S/C15H24FN/c1-11(2)7-15-9-13(8-12(13)16)10-17(15)6-5-14(15)3-4-14/h11-12H,3-10H2,1-2H3/t12-,13+,15-/m1/s1. The third kappa shape index (κ3) is 1.18. The van der Waals surface area contributed by atoms with Gasteiger partial charge in [0.25, 0.3) is 0 Å². The molecule has 2 aliphatic carbocycles. The Morgan fingerprint density at radius 3 is 2.53 bits per heavy atom. The molecule has 0 unspecified atom stereocenters. The van der Waals surface area contributed by atoms with Crippen molar-refractivity contribution in [3.8, 4) is 0 Å². The molecular formula is C15H24FN. The molecular weight excluding hydrogens is 213 g/mol. The van der Waals surface area contributed by atoms with Crippen LogP contribution >= 0.6 is 0 Å². The van der Waals surface area contributed by atoms with Gasteiger partial charge < -0.3 is 0 Å². The Kier molecular flexibility index (Phi) is 1.84. The summed E-state index contributed by atoms with van der Waals surface area (Å²) in [6.07, 6.45) is 7.10. The lowest BCUT2D eigenvalue weighted by atomic mass is 9.72. The van der Waals surface area contributed by atoms with Crippen molar-refractivity contribution in [2.75, 3.05) is 13.1 Å². The molecule has 2 heterocycles. The van der Waals surface area contributed by atoms with Gasteiger partial charge in [-0.3, -0.25) is 4.90 Å². The Morgan fingerprint density at radius 1 is 1.29 bits per heavy atom. The minimum atomic E-state index is -0.479. The fourth-order valence-corrected chi connectivity index (χ4v) is 5.28. The Hall–Kier alpha value is -0.110. The minimum absolute atomic E-state index is 0.102. The average Bonchev–Trinajstić information content (AvgIpc) is 3.06. The second-order valence-corrected chi connectivity index (χ2v) is 7.79. The Balaban J connectivity index is 1.69. The summed E-state index contributed by atoms with van der Waals surface area (Å²) in [7, 11) is 0. The smallest absolute Gasteiger partial charge is 0.108 e. The SMILES string of the molecule is CC(C)C[C@]12C[C@@]3(C[C@H]3F)CN1CCC21CC1. The molecule has 0 N–H and O–H groups in total. The molecule has 4 rings (SSSR count). The third-order valence-electron chi connectivity index (χ3n) is 6.29. The van der Waals surface area contributed by atoms with Crippen LogP contribution in [0.3, 0.4) is 0 Å². The first-order chi connectivity index (χ1) is 8.02. The molecule has 96 valence electrons. The third-order valence-corrected chi connectivity index (χ3v) is 6.29. The summed E-state index contributed by atoms with van der Waals surface area (Å²) in [5.41, 5.74) is 1.12. The first-order valence-corrected chi connectivity index (χ1v) is 7.41. The first kappa shape index (κ1) is 10.8. The van der Waals surface area contributed by atoms with Crippen LogP contribution in [0.2, 0.25) is 0 Å². The van der Waals surface area contributed by atoms with E-state index in [2.05, 4.69) is 18.7 Å². The summed E-state index contributed by atoms with van der Waals surface area (Å²) in [5, 5.41) is 0. The van der Waals surface area contributed by atoms with Crippen molar-refractivity contribution >= 4 is 0 Å². The Morgan fingerprint density at radius 2 is 2.00 bits per heavy atom. The number of nitrogens with zero attached hydrogens (tertiary/aromatic N) is 1. The van der Waals surface area contributed by atoms with Crippen LogP contribution in [-0.4, -0.2) is 29.7 Å². The number of alkyl halides is 1. The van der Waals surface area contributed by atoms with Gasteiger partial charge in [-0.25, -0.2) is 4.39 Å². The van der Waals surface area contributed by atoms with E-state index in [4.69, 9.17) is 0 Å². The zero-order valence-electron chi connectivity index (χ0n) is 11.1. The molecule has 4 aliphatic rings. The normalized spacial score (nSPS) is 50.5. The van der Waals surface area contributed by atoms with E-state index in [1.807, 2.05) is 0 Å². The fourth-order valence-electron chi connectivity index (χ4n) is 5.28. The number of rotatable bonds is 2. The quantitative estimate of drug-likeness (QED) is 0.711. The summed E-state index contributed by atoms with van der Waals surface area (Å²) in [5.74, 6) is 0.750. The van der Waals surface area contributed by atoms with Gasteiger partial charge in [-0.05, 0) is 56.4 Å². The van der Waals surface area contributed by atoms with Gasteiger partial charge in [0.2, 0.25) is 0 Å². The highest BCUT2D eigenvalue weighted by atomic mass is 19.1. The van der Waals surface area contributed by atoms with E-state index in [-0.39, 0.29) is 5.41 Å². The number of hydrogen-bond donors (Lipinski definition) is 0. The predicted octanol–water partition coefficient (Wildman–Crippen LogP) is 3.39. The van der Waals surface area contributed by atoms with Crippen LogP contribution < -0.4 is 0 Å². The molecule has 4 fully saturated rings. The lowest BCUT2D eigenvalue weighted by molar-refractivity contribution is 0.107. The van der Waals surface area contributed by atoms with E-state index in [1.165, 1.54) is 38.6 Å². The highest BCUT2D eigenvalue weighted by Crippen LogP contribution is 2.73. The molecule has 0 aromatic heterocycles. The van der Waals surface area contributed by atoms with Gasteiger partial charge in [0.05, 0.1) is 0 Å². The van der Waals surface area contributed by atoms with E-state index in [9.17, 15) is 4.39 Å². The van der Waals surface area contributed by atoms with Crippen LogP contribution in [0.5, 0.6) is 0 Å². The van der Waals surface area contributed by atoms with Crippen LogP contribution in [0.4, 0.5) is 4.39 Å². The van der Waals surface area contributed by atoms with Gasteiger partial charge in [-0.15, -0.1) is 0 Å². The number of hydrogen-bond acceptors (Lipinski definition) is 1. The maximum Gasteiger partial charge on any atom is 0.108 e. The summed E-state index contributed by atoms with van der Waals surface area (Å²) in [6, 6.07) is 0. The van der Waals surface area contributed by atoms with Crippen molar-refractivity contribution in [1.82, 2.24) is 4.90 Å². The van der Waals surface area contributed by atoms with Crippen LogP contribution in [0, 0.1) is 16.7 Å². The van der Waals surface area contributed by atoms with Gasteiger partial charge >= 0.3 is 0 Å². The van der Waals surface area contributed by atoms with Gasteiger partial charge in [0.15, 0.2) is 0 Å². The molecule has 0 radical (unpaired) electrons. The maximum atomic E-state index is 13.7. The summed E-state index contributed by atoms with van der Waals surface area (Å²) in [6.45, 7) is 7.00. The molecule has 0 aromatic rings. The summed E-state index contributed by atoms with van der Waals surface area (Å²) >= 11 is 0. The van der Waals surface area contributed by atoms with Crippen molar-refractivity contribution < 1.29 is 4.39 Å². The van der Waals surface area contributed by atoms with Crippen molar-refractivity contribution in [2.45, 2.75) is 64.1 Å². The molecule has 0 bridgehead atoms. The highest BCUT2D eigenvalue weighted by molar-refractivity contribution is 5.27. The minimum Gasteiger partial charge on any atom is -0.296 e. The number of halogens is 1. The largest absolute Gasteiger partial charge is 0.296 e. The van der Waals surface area contributed by atoms with E-state index in [0.29, 0.717) is 11.0 Å². The second-order valence-electron chi connectivity index (χ2n) is 7.79. The molecule has 3 atom stereocenters. The average molecular weight is 237 g/mol. The summed E-state index contributed by atoms with van der Waals surface area (Å²) < 4.78 is 13.7. The maximum absolute atomic E-state index is 13.7. The lowest BCUT2D eigenvalue weighted by Gasteiger charge is -2.39. The number of fused-ring (bicyclic) bond motifs is 2. The Bertz CT molecular complexity index is 362. The molecule has 2 saturated carbocycles. The van der Waals surface area contributed by atoms with Crippen molar-refractivity contribution in [3.63, 3.8) is 0 Å². The van der Waals surface area contributed by atoms with Gasteiger partial charge in [0.1, 0.15) is 6.17 Å².